The van der Waals surface area contributed by atoms with Gasteiger partial charge in [0.1, 0.15) is 12.3 Å². The largest absolute Gasteiger partial charge is 0.496 e. The van der Waals surface area contributed by atoms with Crippen LogP contribution in [0.15, 0.2) is 76.4 Å². The molecule has 0 saturated heterocycles. The van der Waals surface area contributed by atoms with E-state index in [0.717, 1.165) is 15.4 Å². The average molecular weight is 504 g/mol. The zero-order valence-corrected chi connectivity index (χ0v) is 19.5. The number of aromatic nitrogens is 1. The van der Waals surface area contributed by atoms with Crippen molar-refractivity contribution in [2.24, 2.45) is 0 Å². The minimum Gasteiger partial charge on any atom is -0.496 e. The Balaban J connectivity index is 1.89. The molecule has 0 saturated carbocycles. The molecule has 1 amide bonds. The van der Waals surface area contributed by atoms with E-state index in [1.807, 2.05) is 13.0 Å². The van der Waals surface area contributed by atoms with Crippen molar-refractivity contribution in [3.05, 3.63) is 82.6 Å². The first kappa shape index (κ1) is 22.8. The summed E-state index contributed by atoms with van der Waals surface area (Å²) in [4.78, 5) is 16.7. The van der Waals surface area contributed by atoms with E-state index in [4.69, 9.17) is 4.74 Å². The van der Waals surface area contributed by atoms with Crippen molar-refractivity contribution < 1.29 is 17.9 Å². The predicted octanol–water partition coefficient (Wildman–Crippen LogP) is 3.67. The van der Waals surface area contributed by atoms with Crippen LogP contribution in [0.2, 0.25) is 0 Å². The summed E-state index contributed by atoms with van der Waals surface area (Å²) >= 11 is 3.32. The van der Waals surface area contributed by atoms with Crippen LogP contribution in [0.3, 0.4) is 0 Å². The number of carbonyl (C=O) groups excluding carboxylic acids is 1. The number of hydrogen-bond acceptors (Lipinski definition) is 5. The number of aryl methyl sites for hydroxylation is 1. The number of ether oxygens (including phenoxy) is 1. The van der Waals surface area contributed by atoms with Gasteiger partial charge in [0, 0.05) is 18.9 Å². The van der Waals surface area contributed by atoms with Crippen LogP contribution in [0.5, 0.6) is 5.75 Å². The van der Waals surface area contributed by atoms with E-state index >= 15 is 0 Å². The number of benzene rings is 2. The Hall–Kier alpha value is -2.91. The number of amides is 1. The molecule has 0 aliphatic rings. The zero-order valence-electron chi connectivity index (χ0n) is 17.1. The molecule has 3 rings (SSSR count). The number of carbonyl (C=O) groups is 1. The molecule has 7 nitrogen and oxygen atoms in total. The topological polar surface area (TPSA) is 88.6 Å². The highest BCUT2D eigenvalue weighted by molar-refractivity contribution is 9.10. The summed E-state index contributed by atoms with van der Waals surface area (Å²) in [7, 11) is -2.52. The van der Waals surface area contributed by atoms with Crippen molar-refractivity contribution in [2.75, 3.05) is 18.0 Å². The van der Waals surface area contributed by atoms with Crippen molar-refractivity contribution in [3.63, 3.8) is 0 Å². The highest BCUT2D eigenvalue weighted by atomic mass is 79.9. The predicted molar refractivity (Wildman–Crippen MR) is 122 cm³/mol. The summed E-state index contributed by atoms with van der Waals surface area (Å²) in [6.07, 6.45) is 3.29. The van der Waals surface area contributed by atoms with Crippen LogP contribution in [0, 0.1) is 6.92 Å². The summed E-state index contributed by atoms with van der Waals surface area (Å²) < 4.78 is 33.7. The van der Waals surface area contributed by atoms with E-state index < -0.39 is 15.9 Å². The lowest BCUT2D eigenvalue weighted by atomic mass is 10.2. The van der Waals surface area contributed by atoms with Crippen LogP contribution in [-0.4, -0.2) is 33.0 Å². The molecular weight excluding hydrogens is 482 g/mol. The first-order chi connectivity index (χ1) is 14.8. The van der Waals surface area contributed by atoms with Crippen molar-refractivity contribution >= 4 is 37.5 Å². The molecule has 0 fully saturated rings. The van der Waals surface area contributed by atoms with Crippen LogP contribution in [0.4, 0.5) is 5.69 Å². The molecule has 1 aromatic heterocycles. The Morgan fingerprint density at radius 2 is 1.90 bits per heavy atom. The molecule has 31 heavy (non-hydrogen) atoms. The number of rotatable bonds is 8. The molecule has 0 radical (unpaired) electrons. The lowest BCUT2D eigenvalue weighted by Gasteiger charge is -2.24. The smallest absolute Gasteiger partial charge is 0.264 e. The second-order valence-corrected chi connectivity index (χ2v) is 9.50. The molecule has 0 spiro atoms. The van der Waals surface area contributed by atoms with Crippen molar-refractivity contribution in [1.82, 2.24) is 10.3 Å². The number of pyridine rings is 1. The monoisotopic (exact) mass is 503 g/mol. The SMILES string of the molecule is COc1ccc(S(=O)(=O)N(CC(=O)NCc2cccnc2)c2ccc(C)cc2)cc1Br. The van der Waals surface area contributed by atoms with Gasteiger partial charge in [0.25, 0.3) is 10.0 Å². The average Bonchev–Trinajstić information content (AvgIpc) is 2.77. The number of nitrogens with zero attached hydrogens (tertiary/aromatic N) is 2. The number of sulfonamides is 1. The van der Waals surface area contributed by atoms with Gasteiger partial charge in [-0.15, -0.1) is 0 Å². The molecule has 162 valence electrons. The van der Waals surface area contributed by atoms with E-state index in [2.05, 4.69) is 26.2 Å². The quantitative estimate of drug-likeness (QED) is 0.506. The Labute approximate surface area is 190 Å². The highest BCUT2D eigenvalue weighted by Crippen LogP contribution is 2.30. The molecule has 1 heterocycles. The van der Waals surface area contributed by atoms with Gasteiger partial charge in [-0.1, -0.05) is 23.8 Å². The summed E-state index contributed by atoms with van der Waals surface area (Å²) in [5.41, 5.74) is 2.20. The zero-order chi connectivity index (χ0) is 22.4. The fourth-order valence-electron chi connectivity index (χ4n) is 2.85. The minimum absolute atomic E-state index is 0.0424. The van der Waals surface area contributed by atoms with E-state index in [1.165, 1.54) is 19.2 Å². The fourth-order valence-corrected chi connectivity index (χ4v) is 4.99. The molecule has 0 atom stereocenters. The van der Waals surface area contributed by atoms with E-state index in [0.29, 0.717) is 15.9 Å². The normalized spacial score (nSPS) is 11.1. The first-order valence-electron chi connectivity index (χ1n) is 9.40. The molecule has 0 aliphatic carbocycles. The van der Waals surface area contributed by atoms with Crippen LogP contribution >= 0.6 is 15.9 Å². The highest BCUT2D eigenvalue weighted by Gasteiger charge is 2.28. The Kier molecular flexibility index (Phi) is 7.29. The van der Waals surface area contributed by atoms with E-state index in [9.17, 15) is 13.2 Å². The maximum Gasteiger partial charge on any atom is 0.264 e. The standard InChI is InChI=1S/C22H22BrN3O4S/c1-16-5-7-18(8-6-16)26(15-22(27)25-14-17-4-3-11-24-13-17)31(28,29)19-9-10-21(30-2)20(23)12-19/h3-13H,14-15H2,1-2H3,(H,25,27). The summed E-state index contributed by atoms with van der Waals surface area (Å²) in [5.74, 6) is 0.0793. The van der Waals surface area contributed by atoms with Gasteiger partial charge in [-0.25, -0.2) is 8.42 Å². The molecule has 9 heteroatoms. The van der Waals surface area contributed by atoms with Crippen LogP contribution in [0.25, 0.3) is 0 Å². The number of hydrogen-bond donors (Lipinski definition) is 1. The van der Waals surface area contributed by atoms with Gasteiger partial charge < -0.3 is 10.1 Å². The summed E-state index contributed by atoms with van der Waals surface area (Å²) in [6.45, 7) is 1.79. The Morgan fingerprint density at radius 1 is 1.16 bits per heavy atom. The van der Waals surface area contributed by atoms with Gasteiger partial charge in [0.2, 0.25) is 5.91 Å². The van der Waals surface area contributed by atoms with Crippen LogP contribution in [-0.2, 0) is 21.4 Å². The van der Waals surface area contributed by atoms with Crippen molar-refractivity contribution in [3.8, 4) is 5.75 Å². The fraction of sp³-hybridized carbons (Fsp3) is 0.182. The third-order valence-corrected chi connectivity index (χ3v) is 6.92. The summed E-state index contributed by atoms with van der Waals surface area (Å²) in [5, 5.41) is 2.75. The van der Waals surface area contributed by atoms with Crippen LogP contribution in [0.1, 0.15) is 11.1 Å². The number of halogens is 1. The minimum atomic E-state index is -4.02. The third kappa shape index (κ3) is 5.62. The number of anilines is 1. The maximum absolute atomic E-state index is 13.5. The molecule has 3 aromatic rings. The molecule has 0 aliphatic heterocycles. The van der Waals surface area contributed by atoms with Gasteiger partial charge in [0.15, 0.2) is 0 Å². The van der Waals surface area contributed by atoms with Gasteiger partial charge in [-0.05, 0) is 64.8 Å². The van der Waals surface area contributed by atoms with Gasteiger partial charge >= 0.3 is 0 Å². The van der Waals surface area contributed by atoms with Crippen LogP contribution < -0.4 is 14.4 Å². The second kappa shape index (κ2) is 9.93. The third-order valence-electron chi connectivity index (χ3n) is 4.53. The molecule has 1 N–H and O–H groups in total. The maximum atomic E-state index is 13.5. The van der Waals surface area contributed by atoms with Crippen molar-refractivity contribution in [1.29, 1.82) is 0 Å². The molecule has 0 unspecified atom stereocenters. The summed E-state index contributed by atoms with van der Waals surface area (Å²) in [6, 6.07) is 15.0. The molecule has 0 bridgehead atoms. The molecule has 2 aromatic carbocycles. The number of nitrogens with one attached hydrogen (secondary N) is 1. The lowest BCUT2D eigenvalue weighted by Crippen LogP contribution is -2.40. The van der Waals surface area contributed by atoms with E-state index in [-0.39, 0.29) is 18.0 Å². The van der Waals surface area contributed by atoms with Gasteiger partial charge in [0.05, 0.1) is 22.2 Å². The molecular formula is C22H22BrN3O4S. The Bertz CT molecular complexity index is 1150. The first-order valence-corrected chi connectivity index (χ1v) is 11.6. The van der Waals surface area contributed by atoms with Crippen molar-refractivity contribution in [2.45, 2.75) is 18.4 Å². The second-order valence-electron chi connectivity index (χ2n) is 6.78. The number of methoxy groups -OCH3 is 1. The Morgan fingerprint density at radius 3 is 2.52 bits per heavy atom. The van der Waals surface area contributed by atoms with Gasteiger partial charge in [-0.2, -0.15) is 0 Å². The lowest BCUT2D eigenvalue weighted by molar-refractivity contribution is -0.119. The van der Waals surface area contributed by atoms with Gasteiger partial charge in [-0.3, -0.25) is 14.1 Å². The van der Waals surface area contributed by atoms with E-state index in [1.54, 1.807) is 48.8 Å².